The van der Waals surface area contributed by atoms with Gasteiger partial charge in [0.15, 0.2) is 0 Å². The van der Waals surface area contributed by atoms with Crippen LogP contribution in [0.3, 0.4) is 0 Å². The second-order valence-corrected chi connectivity index (χ2v) is 8.66. The molecule has 190 valence electrons. The van der Waals surface area contributed by atoms with Gasteiger partial charge in [0.05, 0.1) is 6.04 Å². The fourth-order valence-electron chi connectivity index (χ4n) is 2.68. The second-order valence-electron chi connectivity index (χ2n) is 7.31. The fourth-order valence-corrected chi connectivity index (χ4v) is 3.41. The molecule has 0 spiro atoms. The number of amides is 3. The lowest BCUT2D eigenvalue weighted by molar-refractivity contribution is -0.142. The van der Waals surface area contributed by atoms with E-state index in [0.717, 1.165) is 0 Å². The fraction of sp³-hybridized carbons (Fsp3) is 0.737. The summed E-state index contributed by atoms with van der Waals surface area (Å²) in [5, 5.41) is 25.4. The Morgan fingerprint density at radius 3 is 1.97 bits per heavy atom. The van der Waals surface area contributed by atoms with Crippen LogP contribution < -0.4 is 27.4 Å². The maximum absolute atomic E-state index is 12.7. The molecule has 33 heavy (non-hydrogen) atoms. The summed E-state index contributed by atoms with van der Waals surface area (Å²) >= 11 is 5.50. The lowest BCUT2D eigenvalue weighted by Gasteiger charge is -2.24. The van der Waals surface area contributed by atoms with Crippen LogP contribution in [-0.2, 0) is 24.0 Å². The molecule has 12 nitrogen and oxygen atoms in total. The summed E-state index contributed by atoms with van der Waals surface area (Å²) in [6.07, 6.45) is 2.97. The molecule has 9 N–H and O–H groups in total. The highest BCUT2D eigenvalue weighted by Gasteiger charge is 2.29. The predicted octanol–water partition coefficient (Wildman–Crippen LogP) is -1.47. The van der Waals surface area contributed by atoms with Crippen LogP contribution in [0, 0.1) is 0 Å². The largest absolute Gasteiger partial charge is 0.481 e. The Morgan fingerprint density at radius 1 is 0.879 bits per heavy atom. The van der Waals surface area contributed by atoms with Crippen molar-refractivity contribution in [3.05, 3.63) is 0 Å². The normalized spacial score (nSPS) is 14.4. The van der Waals surface area contributed by atoms with Crippen LogP contribution in [0.4, 0.5) is 0 Å². The number of thiol groups is 1. The van der Waals surface area contributed by atoms with Crippen LogP contribution in [0.2, 0.25) is 0 Å². The molecule has 0 saturated carbocycles. The van der Waals surface area contributed by atoms with E-state index < -0.39 is 53.8 Å². The molecule has 3 amide bonds. The van der Waals surface area contributed by atoms with E-state index in [0.29, 0.717) is 25.1 Å². The first-order valence-electron chi connectivity index (χ1n) is 10.5. The van der Waals surface area contributed by atoms with E-state index in [1.54, 1.807) is 0 Å². The SMILES string of the molecule is CSCCC(NC(=O)C(CS)NC(=O)C(N)CCC(=O)O)C(=O)NC(CCCCN)C(=O)O. The number of nitrogens with one attached hydrogen (secondary N) is 3. The molecule has 14 heteroatoms. The summed E-state index contributed by atoms with van der Waals surface area (Å²) in [6.45, 7) is 0.406. The van der Waals surface area contributed by atoms with E-state index in [1.807, 2.05) is 6.26 Å². The second kappa shape index (κ2) is 17.4. The Hall–Kier alpha value is -2.03. The maximum Gasteiger partial charge on any atom is 0.326 e. The topological polar surface area (TPSA) is 214 Å². The molecule has 0 aromatic rings. The zero-order valence-corrected chi connectivity index (χ0v) is 20.3. The van der Waals surface area contributed by atoms with Crippen molar-refractivity contribution < 1.29 is 34.2 Å². The van der Waals surface area contributed by atoms with E-state index in [9.17, 15) is 29.1 Å². The van der Waals surface area contributed by atoms with Crippen molar-refractivity contribution >= 4 is 54.1 Å². The first-order valence-corrected chi connectivity index (χ1v) is 12.5. The molecule has 4 atom stereocenters. The Bertz CT molecular complexity index is 668. The molecule has 0 aliphatic rings. The number of unbranched alkanes of at least 4 members (excludes halogenated alkanes) is 1. The number of hydrogen-bond donors (Lipinski definition) is 8. The van der Waals surface area contributed by atoms with Crippen molar-refractivity contribution in [3.8, 4) is 0 Å². The third-order valence-corrected chi connectivity index (χ3v) is 5.64. The molecule has 0 aliphatic heterocycles. The number of thioether (sulfide) groups is 1. The van der Waals surface area contributed by atoms with Gasteiger partial charge >= 0.3 is 11.9 Å². The number of aliphatic carboxylic acids is 2. The highest BCUT2D eigenvalue weighted by atomic mass is 32.2. The summed E-state index contributed by atoms with van der Waals surface area (Å²) in [6, 6.07) is -4.40. The van der Waals surface area contributed by atoms with Crippen molar-refractivity contribution in [2.24, 2.45) is 11.5 Å². The highest BCUT2D eigenvalue weighted by molar-refractivity contribution is 7.98. The van der Waals surface area contributed by atoms with Gasteiger partial charge in [0.25, 0.3) is 0 Å². The molecular weight excluding hydrogens is 474 g/mol. The molecule has 0 fully saturated rings. The molecule has 0 aromatic carbocycles. The summed E-state index contributed by atoms with van der Waals surface area (Å²) in [4.78, 5) is 59.7. The molecule has 0 rings (SSSR count). The number of carboxylic acid groups (broad SMARTS) is 2. The van der Waals surface area contributed by atoms with Crippen LogP contribution in [0.1, 0.15) is 38.5 Å². The maximum atomic E-state index is 12.7. The molecule has 0 aliphatic carbocycles. The van der Waals surface area contributed by atoms with E-state index in [1.165, 1.54) is 11.8 Å². The number of carboxylic acids is 2. The van der Waals surface area contributed by atoms with Gasteiger partial charge in [-0.2, -0.15) is 24.4 Å². The first kappa shape index (κ1) is 31.0. The van der Waals surface area contributed by atoms with Gasteiger partial charge in [-0.1, -0.05) is 0 Å². The van der Waals surface area contributed by atoms with Gasteiger partial charge in [0, 0.05) is 12.2 Å². The summed E-state index contributed by atoms with van der Waals surface area (Å²) in [5.74, 6) is -3.95. The van der Waals surface area contributed by atoms with E-state index in [-0.39, 0.29) is 31.4 Å². The van der Waals surface area contributed by atoms with Crippen molar-refractivity contribution in [1.82, 2.24) is 16.0 Å². The van der Waals surface area contributed by atoms with Crippen LogP contribution in [0.5, 0.6) is 0 Å². The molecule has 0 radical (unpaired) electrons. The van der Waals surface area contributed by atoms with Crippen LogP contribution in [0.15, 0.2) is 0 Å². The van der Waals surface area contributed by atoms with Gasteiger partial charge in [-0.05, 0) is 50.7 Å². The number of hydrogen-bond acceptors (Lipinski definition) is 9. The van der Waals surface area contributed by atoms with E-state index in [2.05, 4.69) is 28.6 Å². The average molecular weight is 510 g/mol. The smallest absolute Gasteiger partial charge is 0.326 e. The Kier molecular flexibility index (Phi) is 16.4. The first-order chi connectivity index (χ1) is 15.6. The minimum atomic E-state index is -1.19. The van der Waals surface area contributed by atoms with Crippen molar-refractivity contribution in [2.45, 2.75) is 62.7 Å². The van der Waals surface area contributed by atoms with E-state index >= 15 is 0 Å². The lowest BCUT2D eigenvalue weighted by atomic mass is 10.1. The van der Waals surface area contributed by atoms with Gasteiger partial charge in [-0.25, -0.2) is 4.79 Å². The third-order valence-electron chi connectivity index (χ3n) is 4.63. The minimum absolute atomic E-state index is 0.100. The lowest BCUT2D eigenvalue weighted by Crippen LogP contribution is -2.57. The number of carbonyl (C=O) groups is 5. The number of nitrogens with two attached hydrogens (primary N) is 2. The Labute approximate surface area is 202 Å². The van der Waals surface area contributed by atoms with Crippen molar-refractivity contribution in [2.75, 3.05) is 24.3 Å². The zero-order chi connectivity index (χ0) is 25.4. The Morgan fingerprint density at radius 2 is 1.45 bits per heavy atom. The quantitative estimate of drug-likeness (QED) is 0.0793. The van der Waals surface area contributed by atoms with Crippen molar-refractivity contribution in [3.63, 3.8) is 0 Å². The van der Waals surface area contributed by atoms with Crippen LogP contribution in [0.25, 0.3) is 0 Å². The van der Waals surface area contributed by atoms with Crippen LogP contribution >= 0.6 is 24.4 Å². The Balaban J connectivity index is 5.14. The van der Waals surface area contributed by atoms with Gasteiger partial charge in [0.2, 0.25) is 17.7 Å². The standard InChI is InChI=1S/C19H35N5O7S2/c1-33-9-7-12(17(28)23-13(19(30)31)4-2-3-8-20)22-18(29)14(10-32)24-16(27)11(21)5-6-15(25)26/h11-14,32H,2-10,20-21H2,1H3,(H,22,29)(H,23,28)(H,24,27)(H,25,26)(H,30,31). The average Bonchev–Trinajstić information content (AvgIpc) is 2.77. The molecule has 0 saturated heterocycles. The summed E-state index contributed by atoms with van der Waals surface area (Å²) < 4.78 is 0. The summed E-state index contributed by atoms with van der Waals surface area (Å²) in [5.41, 5.74) is 11.1. The van der Waals surface area contributed by atoms with Gasteiger partial charge in [0.1, 0.15) is 18.1 Å². The van der Waals surface area contributed by atoms with Gasteiger partial charge in [-0.15, -0.1) is 0 Å². The molecule has 4 unspecified atom stereocenters. The van der Waals surface area contributed by atoms with Gasteiger partial charge < -0.3 is 37.6 Å². The van der Waals surface area contributed by atoms with Crippen molar-refractivity contribution in [1.29, 1.82) is 0 Å². The minimum Gasteiger partial charge on any atom is -0.481 e. The highest BCUT2D eigenvalue weighted by Crippen LogP contribution is 2.06. The zero-order valence-electron chi connectivity index (χ0n) is 18.6. The van der Waals surface area contributed by atoms with Crippen LogP contribution in [-0.4, -0.2) is 88.3 Å². The number of carbonyl (C=O) groups excluding carboxylic acids is 3. The molecular formula is C19H35N5O7S2. The predicted molar refractivity (Wildman–Crippen MR) is 128 cm³/mol. The summed E-state index contributed by atoms with van der Waals surface area (Å²) in [7, 11) is 0. The van der Waals surface area contributed by atoms with Gasteiger partial charge in [-0.3, -0.25) is 19.2 Å². The molecule has 0 bridgehead atoms. The monoisotopic (exact) mass is 509 g/mol. The number of rotatable bonds is 18. The molecule has 0 aromatic heterocycles. The third kappa shape index (κ3) is 13.3. The van der Waals surface area contributed by atoms with E-state index in [4.69, 9.17) is 16.6 Å². The molecule has 0 heterocycles.